The molecule has 0 saturated carbocycles. The van der Waals surface area contributed by atoms with Gasteiger partial charge in [-0.3, -0.25) is 5.32 Å². The summed E-state index contributed by atoms with van der Waals surface area (Å²) in [5.74, 6) is -1.23. The van der Waals surface area contributed by atoms with E-state index >= 15 is 0 Å². The lowest BCUT2D eigenvalue weighted by Crippen LogP contribution is -2.38. The topological polar surface area (TPSA) is 127 Å². The summed E-state index contributed by atoms with van der Waals surface area (Å²) in [5, 5.41) is 14.8. The molecule has 29 heavy (non-hydrogen) atoms. The molecule has 0 fully saturated rings. The number of nitrogens with zero attached hydrogens (tertiary/aromatic N) is 1. The fourth-order valence-corrected chi connectivity index (χ4v) is 3.18. The number of nitrogens with one attached hydrogen (secondary N) is 2. The van der Waals surface area contributed by atoms with Crippen LogP contribution in [0.2, 0.25) is 0 Å². The second kappa shape index (κ2) is 8.24. The molecule has 0 bridgehead atoms. The van der Waals surface area contributed by atoms with Gasteiger partial charge in [0.1, 0.15) is 11.2 Å². The van der Waals surface area contributed by atoms with Crippen molar-refractivity contribution in [3.8, 4) is 0 Å². The summed E-state index contributed by atoms with van der Waals surface area (Å²) in [4.78, 5) is 39.8. The van der Waals surface area contributed by atoms with Crippen LogP contribution in [0, 0.1) is 0 Å². The largest absolute Gasteiger partial charge is 0.479 e. The maximum atomic E-state index is 12.0. The number of hydrogen-bond acceptors (Lipinski definition) is 7. The molecular formula is C19H25N3O6S. The number of thiazole rings is 1. The van der Waals surface area contributed by atoms with Crippen molar-refractivity contribution in [1.29, 1.82) is 0 Å². The quantitative estimate of drug-likeness (QED) is 0.669. The van der Waals surface area contributed by atoms with Crippen molar-refractivity contribution in [2.24, 2.45) is 0 Å². The molecule has 2 aromatic rings. The van der Waals surface area contributed by atoms with Gasteiger partial charge in [0.2, 0.25) is 0 Å². The molecule has 1 unspecified atom stereocenters. The highest BCUT2D eigenvalue weighted by Gasteiger charge is 2.26. The van der Waals surface area contributed by atoms with E-state index in [1.54, 1.807) is 59.7 Å². The summed E-state index contributed by atoms with van der Waals surface area (Å²) in [5.41, 5.74) is -0.470. The lowest BCUT2D eigenvalue weighted by Gasteiger charge is -2.22. The van der Waals surface area contributed by atoms with Crippen molar-refractivity contribution >= 4 is 44.8 Å². The first-order valence-corrected chi connectivity index (χ1v) is 9.68. The van der Waals surface area contributed by atoms with Gasteiger partial charge in [-0.2, -0.15) is 0 Å². The number of benzene rings is 1. The Morgan fingerprint density at radius 2 is 1.62 bits per heavy atom. The standard InChI is InChI=1S/C19H25N3O6S/c1-18(2,3)27-16(25)21-13(14(23)24)10-7-8-11-12(9-10)29-15(20-11)22-17(26)28-19(4,5)6/h7-9,13H,1-6H3,(H,21,25)(H,23,24)(H,20,22,26). The maximum absolute atomic E-state index is 12.0. The van der Waals surface area contributed by atoms with Crippen LogP contribution in [0.1, 0.15) is 53.1 Å². The molecule has 2 rings (SSSR count). The molecule has 0 aliphatic rings. The fourth-order valence-electron chi connectivity index (χ4n) is 2.28. The van der Waals surface area contributed by atoms with Crippen LogP contribution in [0.5, 0.6) is 0 Å². The number of alkyl carbamates (subject to hydrolysis) is 1. The third-order valence-corrected chi connectivity index (χ3v) is 4.20. The van der Waals surface area contributed by atoms with Crippen LogP contribution in [0.25, 0.3) is 10.2 Å². The van der Waals surface area contributed by atoms with Crippen molar-refractivity contribution in [3.63, 3.8) is 0 Å². The van der Waals surface area contributed by atoms with E-state index in [9.17, 15) is 19.5 Å². The predicted molar refractivity (Wildman–Crippen MR) is 109 cm³/mol. The summed E-state index contributed by atoms with van der Waals surface area (Å²) in [6.45, 7) is 10.3. The smallest absolute Gasteiger partial charge is 0.413 e. The molecule has 0 aliphatic heterocycles. The van der Waals surface area contributed by atoms with Gasteiger partial charge in [0.15, 0.2) is 11.2 Å². The molecule has 1 aromatic heterocycles. The highest BCUT2D eigenvalue weighted by atomic mass is 32.1. The molecule has 1 heterocycles. The van der Waals surface area contributed by atoms with E-state index in [-0.39, 0.29) is 0 Å². The number of aliphatic carboxylic acids is 1. The molecule has 1 atom stereocenters. The van der Waals surface area contributed by atoms with Crippen molar-refractivity contribution in [3.05, 3.63) is 23.8 Å². The average molecular weight is 423 g/mol. The molecule has 0 radical (unpaired) electrons. The Kier molecular flexibility index (Phi) is 6.37. The summed E-state index contributed by atoms with van der Waals surface area (Å²) in [7, 11) is 0. The Morgan fingerprint density at radius 1 is 1.03 bits per heavy atom. The van der Waals surface area contributed by atoms with Crippen LogP contribution in [0.3, 0.4) is 0 Å². The Balaban J connectivity index is 2.21. The molecule has 3 N–H and O–H groups in total. The first-order chi connectivity index (χ1) is 13.2. The first kappa shape index (κ1) is 22.4. The van der Waals surface area contributed by atoms with Crippen molar-refractivity contribution < 1.29 is 29.0 Å². The third-order valence-electron chi connectivity index (χ3n) is 3.26. The number of carbonyl (C=O) groups excluding carboxylic acids is 2. The van der Waals surface area contributed by atoms with Crippen LogP contribution in [0.15, 0.2) is 18.2 Å². The average Bonchev–Trinajstić information content (AvgIpc) is 2.89. The molecule has 1 aromatic carbocycles. The zero-order valence-corrected chi connectivity index (χ0v) is 18.0. The van der Waals surface area contributed by atoms with E-state index in [0.717, 1.165) is 11.3 Å². The number of fused-ring (bicyclic) bond motifs is 1. The molecule has 158 valence electrons. The molecule has 9 nitrogen and oxygen atoms in total. The van der Waals surface area contributed by atoms with E-state index in [0.29, 0.717) is 20.9 Å². The third kappa shape index (κ3) is 6.90. The minimum atomic E-state index is -1.29. The molecular weight excluding hydrogens is 398 g/mol. The van der Waals surface area contributed by atoms with Crippen LogP contribution in [0.4, 0.5) is 14.7 Å². The number of aromatic nitrogens is 1. The fraction of sp³-hybridized carbons (Fsp3) is 0.474. The molecule has 0 saturated heterocycles. The number of carbonyl (C=O) groups is 3. The molecule has 2 amide bonds. The molecule has 0 aliphatic carbocycles. The number of carboxylic acids is 1. The van der Waals surface area contributed by atoms with Crippen molar-refractivity contribution in [2.45, 2.75) is 58.8 Å². The van der Waals surface area contributed by atoms with Gasteiger partial charge in [-0.05, 0) is 59.2 Å². The van der Waals surface area contributed by atoms with Gasteiger partial charge in [-0.25, -0.2) is 19.4 Å². The number of carboxylic acid groups (broad SMARTS) is 1. The number of amides is 2. The molecule has 10 heteroatoms. The number of anilines is 1. The van der Waals surface area contributed by atoms with Crippen molar-refractivity contribution in [1.82, 2.24) is 10.3 Å². The normalized spacial score (nSPS) is 12.9. The van der Waals surface area contributed by atoms with E-state index in [1.165, 1.54) is 0 Å². The van der Waals surface area contributed by atoms with Gasteiger partial charge < -0.3 is 19.9 Å². The Bertz CT molecular complexity index is 926. The Morgan fingerprint density at radius 3 is 2.17 bits per heavy atom. The lowest BCUT2D eigenvalue weighted by atomic mass is 10.1. The predicted octanol–water partition coefficient (Wildman–Crippen LogP) is 4.29. The van der Waals surface area contributed by atoms with E-state index in [4.69, 9.17) is 9.47 Å². The zero-order valence-electron chi connectivity index (χ0n) is 17.2. The lowest BCUT2D eigenvalue weighted by molar-refractivity contribution is -0.139. The monoisotopic (exact) mass is 423 g/mol. The second-order valence-corrected chi connectivity index (χ2v) is 9.32. The Labute approximate surface area is 172 Å². The number of hydrogen-bond donors (Lipinski definition) is 3. The number of rotatable bonds is 4. The van der Waals surface area contributed by atoms with Gasteiger partial charge in [-0.15, -0.1) is 0 Å². The maximum Gasteiger partial charge on any atom is 0.413 e. The van der Waals surface area contributed by atoms with Gasteiger partial charge in [0.25, 0.3) is 0 Å². The van der Waals surface area contributed by atoms with Gasteiger partial charge in [0.05, 0.1) is 10.2 Å². The van der Waals surface area contributed by atoms with Gasteiger partial charge >= 0.3 is 18.2 Å². The van der Waals surface area contributed by atoms with Crippen LogP contribution >= 0.6 is 11.3 Å². The highest BCUT2D eigenvalue weighted by Crippen LogP contribution is 2.29. The highest BCUT2D eigenvalue weighted by molar-refractivity contribution is 7.22. The SMILES string of the molecule is CC(C)(C)OC(=O)Nc1nc2ccc(C(NC(=O)OC(C)(C)C)C(=O)O)cc2s1. The van der Waals surface area contributed by atoms with Crippen LogP contribution in [-0.4, -0.2) is 39.4 Å². The summed E-state index contributed by atoms with van der Waals surface area (Å²) < 4.78 is 11.0. The van der Waals surface area contributed by atoms with E-state index < -0.39 is 35.4 Å². The zero-order chi connectivity index (χ0) is 22.0. The minimum Gasteiger partial charge on any atom is -0.479 e. The Hall–Kier alpha value is -2.88. The second-order valence-electron chi connectivity index (χ2n) is 8.29. The summed E-state index contributed by atoms with van der Waals surface area (Å²) in [6.07, 6.45) is -1.46. The van der Waals surface area contributed by atoms with E-state index in [2.05, 4.69) is 15.6 Å². The van der Waals surface area contributed by atoms with E-state index in [1.807, 2.05) is 0 Å². The first-order valence-electron chi connectivity index (χ1n) is 8.86. The summed E-state index contributed by atoms with van der Waals surface area (Å²) in [6, 6.07) is 3.48. The van der Waals surface area contributed by atoms with Gasteiger partial charge in [0, 0.05) is 0 Å². The number of ether oxygens (including phenoxy) is 2. The minimum absolute atomic E-state index is 0.318. The van der Waals surface area contributed by atoms with Crippen molar-refractivity contribution in [2.75, 3.05) is 5.32 Å². The van der Waals surface area contributed by atoms with Crippen LogP contribution in [-0.2, 0) is 14.3 Å². The van der Waals surface area contributed by atoms with Crippen LogP contribution < -0.4 is 10.6 Å². The summed E-state index contributed by atoms with van der Waals surface area (Å²) >= 11 is 1.16. The van der Waals surface area contributed by atoms with Gasteiger partial charge in [-0.1, -0.05) is 17.4 Å². The molecule has 0 spiro atoms.